The molecule has 0 spiro atoms. The van der Waals surface area contributed by atoms with E-state index in [1.54, 1.807) is 26.0 Å². The van der Waals surface area contributed by atoms with Crippen LogP contribution >= 0.6 is 0 Å². The molecule has 2 aromatic rings. The number of aryl methyl sites for hydroxylation is 2. The van der Waals surface area contributed by atoms with Gasteiger partial charge in [0, 0.05) is 5.56 Å². The van der Waals surface area contributed by atoms with Crippen LogP contribution in [0.4, 0.5) is 0 Å². The molecule has 90 valence electrons. The first kappa shape index (κ1) is 11.9. The molecule has 0 fully saturated rings. The molecule has 5 nitrogen and oxygen atoms in total. The molecule has 2 rings (SSSR count). The third kappa shape index (κ3) is 1.84. The van der Waals surface area contributed by atoms with E-state index in [4.69, 9.17) is 5.26 Å². The summed E-state index contributed by atoms with van der Waals surface area (Å²) in [5.74, 6) is 0.210. The number of benzene rings is 1. The average molecular weight is 241 g/mol. The first-order valence-electron chi connectivity index (χ1n) is 5.33. The van der Waals surface area contributed by atoms with Gasteiger partial charge in [-0.3, -0.25) is 4.79 Å². The summed E-state index contributed by atoms with van der Waals surface area (Å²) in [6.07, 6.45) is 1.26. The summed E-state index contributed by atoms with van der Waals surface area (Å²) >= 11 is 0. The second-order valence-corrected chi connectivity index (χ2v) is 4.03. The molecule has 1 heterocycles. The van der Waals surface area contributed by atoms with Gasteiger partial charge in [0.2, 0.25) is 0 Å². The van der Waals surface area contributed by atoms with Gasteiger partial charge in [-0.25, -0.2) is 4.98 Å². The molecule has 0 bridgehead atoms. The maximum absolute atomic E-state index is 11.5. The molecule has 0 aliphatic carbocycles. The molecule has 0 amide bonds. The van der Waals surface area contributed by atoms with E-state index in [9.17, 15) is 9.90 Å². The Morgan fingerprint density at radius 2 is 1.94 bits per heavy atom. The van der Waals surface area contributed by atoms with Gasteiger partial charge in [-0.05, 0) is 37.1 Å². The molecule has 2 N–H and O–H groups in total. The van der Waals surface area contributed by atoms with E-state index in [0.29, 0.717) is 22.4 Å². The van der Waals surface area contributed by atoms with E-state index in [1.807, 2.05) is 6.07 Å². The summed E-state index contributed by atoms with van der Waals surface area (Å²) in [6.45, 7) is 3.51. The van der Waals surface area contributed by atoms with Crippen LogP contribution in [0.15, 0.2) is 23.3 Å². The van der Waals surface area contributed by atoms with Crippen molar-refractivity contribution in [2.24, 2.45) is 0 Å². The zero-order chi connectivity index (χ0) is 13.3. The number of aromatic nitrogens is 2. The lowest BCUT2D eigenvalue weighted by Gasteiger charge is -2.08. The highest BCUT2D eigenvalue weighted by Gasteiger charge is 2.12. The molecule has 5 heteroatoms. The van der Waals surface area contributed by atoms with Gasteiger partial charge in [-0.1, -0.05) is 0 Å². The van der Waals surface area contributed by atoms with Crippen LogP contribution in [0.3, 0.4) is 0 Å². The van der Waals surface area contributed by atoms with E-state index in [0.717, 1.165) is 0 Å². The fourth-order valence-electron chi connectivity index (χ4n) is 1.81. The number of nitrogens with one attached hydrogen (secondary N) is 1. The van der Waals surface area contributed by atoms with E-state index in [2.05, 4.69) is 9.97 Å². The molecule has 0 radical (unpaired) electrons. The largest absolute Gasteiger partial charge is 0.507 e. The highest BCUT2D eigenvalue weighted by Crippen LogP contribution is 2.28. The van der Waals surface area contributed by atoms with Gasteiger partial charge in [0.15, 0.2) is 0 Å². The number of nitriles is 1. The van der Waals surface area contributed by atoms with Gasteiger partial charge in [0.1, 0.15) is 17.4 Å². The van der Waals surface area contributed by atoms with Gasteiger partial charge >= 0.3 is 0 Å². The number of hydrogen-bond donors (Lipinski definition) is 2. The second kappa shape index (κ2) is 4.34. The summed E-state index contributed by atoms with van der Waals surface area (Å²) in [7, 11) is 0. The summed E-state index contributed by atoms with van der Waals surface area (Å²) in [5.41, 5.74) is 1.83. The van der Waals surface area contributed by atoms with Crippen LogP contribution in [0, 0.1) is 25.2 Å². The number of aromatic amines is 1. The molecule has 1 aromatic heterocycles. The molecule has 0 aliphatic rings. The van der Waals surface area contributed by atoms with Crippen molar-refractivity contribution in [2.75, 3.05) is 0 Å². The Hall–Kier alpha value is -2.61. The van der Waals surface area contributed by atoms with Crippen molar-refractivity contribution < 1.29 is 5.11 Å². The third-order valence-electron chi connectivity index (χ3n) is 2.73. The number of phenolic OH excluding ortho intramolecular Hbond substituents is 1. The normalized spacial score (nSPS) is 10.1. The number of rotatable bonds is 1. The number of nitrogens with zero attached hydrogens (tertiary/aromatic N) is 2. The Morgan fingerprint density at radius 1 is 1.33 bits per heavy atom. The predicted molar refractivity (Wildman–Crippen MR) is 66.1 cm³/mol. The molecule has 0 atom stereocenters. The van der Waals surface area contributed by atoms with Crippen molar-refractivity contribution in [1.82, 2.24) is 9.97 Å². The Kier molecular flexibility index (Phi) is 2.86. The molecule has 0 saturated heterocycles. The molecular formula is C13H11N3O2. The van der Waals surface area contributed by atoms with Crippen LogP contribution < -0.4 is 5.56 Å². The summed E-state index contributed by atoms with van der Waals surface area (Å²) in [5, 5.41) is 18.7. The van der Waals surface area contributed by atoms with Crippen molar-refractivity contribution in [2.45, 2.75) is 13.8 Å². The molecular weight excluding hydrogens is 230 g/mol. The first-order valence-corrected chi connectivity index (χ1v) is 5.33. The number of aromatic hydroxyl groups is 1. The van der Waals surface area contributed by atoms with Gasteiger partial charge in [-0.2, -0.15) is 5.26 Å². The lowest BCUT2D eigenvalue weighted by atomic mass is 10.0. The predicted octanol–water partition coefficient (Wildman–Crippen LogP) is 1.63. The van der Waals surface area contributed by atoms with E-state index in [1.165, 1.54) is 6.33 Å². The van der Waals surface area contributed by atoms with Crippen molar-refractivity contribution >= 4 is 0 Å². The Labute approximate surface area is 103 Å². The van der Waals surface area contributed by atoms with E-state index < -0.39 is 5.56 Å². The minimum Gasteiger partial charge on any atom is -0.507 e. The van der Waals surface area contributed by atoms with Crippen LogP contribution in [0.2, 0.25) is 0 Å². The van der Waals surface area contributed by atoms with Crippen LogP contribution in [0.1, 0.15) is 16.7 Å². The number of hydrogen-bond acceptors (Lipinski definition) is 4. The fraction of sp³-hybridized carbons (Fsp3) is 0.154. The van der Waals surface area contributed by atoms with Gasteiger partial charge in [0.25, 0.3) is 5.56 Å². The topological polar surface area (TPSA) is 89.8 Å². The monoisotopic (exact) mass is 241 g/mol. The van der Waals surface area contributed by atoms with Gasteiger partial charge in [-0.15, -0.1) is 0 Å². The lowest BCUT2D eigenvalue weighted by Crippen LogP contribution is -2.12. The maximum atomic E-state index is 11.5. The molecule has 1 aromatic carbocycles. The summed E-state index contributed by atoms with van der Waals surface area (Å²) in [6, 6.07) is 5.25. The Bertz CT molecular complexity index is 688. The van der Waals surface area contributed by atoms with Crippen LogP contribution in [-0.4, -0.2) is 15.1 Å². The minimum atomic E-state index is -0.467. The average Bonchev–Trinajstić information content (AvgIpc) is 2.35. The van der Waals surface area contributed by atoms with Crippen molar-refractivity contribution in [1.29, 1.82) is 5.26 Å². The fourth-order valence-corrected chi connectivity index (χ4v) is 1.81. The number of phenols is 1. The second-order valence-electron chi connectivity index (χ2n) is 4.03. The van der Waals surface area contributed by atoms with Crippen molar-refractivity contribution in [3.05, 3.63) is 45.5 Å². The summed E-state index contributed by atoms with van der Waals surface area (Å²) < 4.78 is 0. The first-order chi connectivity index (χ1) is 8.54. The molecule has 0 unspecified atom stereocenters. The zero-order valence-corrected chi connectivity index (χ0v) is 9.98. The Morgan fingerprint density at radius 3 is 2.50 bits per heavy atom. The SMILES string of the molecule is Cc1cc(-c2nc[nH]c(=O)c2C#N)cc(C)c1O. The zero-order valence-electron chi connectivity index (χ0n) is 9.98. The van der Waals surface area contributed by atoms with Crippen LogP contribution in [0.25, 0.3) is 11.3 Å². The molecule has 0 aliphatic heterocycles. The quantitative estimate of drug-likeness (QED) is 0.794. The number of H-pyrrole nitrogens is 1. The minimum absolute atomic E-state index is 0.0259. The van der Waals surface area contributed by atoms with Crippen molar-refractivity contribution in [3.8, 4) is 23.1 Å². The van der Waals surface area contributed by atoms with Crippen molar-refractivity contribution in [3.63, 3.8) is 0 Å². The highest BCUT2D eigenvalue weighted by atomic mass is 16.3. The smallest absolute Gasteiger partial charge is 0.269 e. The molecule has 18 heavy (non-hydrogen) atoms. The van der Waals surface area contributed by atoms with Gasteiger partial charge < -0.3 is 10.1 Å². The van der Waals surface area contributed by atoms with Crippen LogP contribution in [-0.2, 0) is 0 Å². The Balaban J connectivity index is 2.75. The third-order valence-corrected chi connectivity index (χ3v) is 2.73. The molecule has 0 saturated carbocycles. The standard InChI is InChI=1S/C13H11N3O2/c1-7-3-9(4-8(2)12(7)17)11-10(5-14)13(18)16-6-15-11/h3-4,6,17H,1-2H3,(H,15,16,18). The van der Waals surface area contributed by atoms with E-state index >= 15 is 0 Å². The van der Waals surface area contributed by atoms with E-state index in [-0.39, 0.29) is 11.3 Å². The van der Waals surface area contributed by atoms with Gasteiger partial charge in [0.05, 0.1) is 12.0 Å². The van der Waals surface area contributed by atoms with Crippen LogP contribution in [0.5, 0.6) is 5.75 Å². The highest BCUT2D eigenvalue weighted by molar-refractivity contribution is 5.68. The maximum Gasteiger partial charge on any atom is 0.269 e. The lowest BCUT2D eigenvalue weighted by molar-refractivity contribution is 0.467. The summed E-state index contributed by atoms with van der Waals surface area (Å²) in [4.78, 5) is 17.9.